The highest BCUT2D eigenvalue weighted by Gasteiger charge is 2.32. The number of ether oxygens (including phenoxy) is 1. The van der Waals surface area contributed by atoms with Crippen LogP contribution in [0, 0.1) is 0 Å². The summed E-state index contributed by atoms with van der Waals surface area (Å²) in [6.45, 7) is 1.82. The van der Waals surface area contributed by atoms with E-state index in [1.165, 1.54) is 13.4 Å². The van der Waals surface area contributed by atoms with E-state index in [0.29, 0.717) is 12.1 Å². The average molecular weight is 295 g/mol. The van der Waals surface area contributed by atoms with Crippen LogP contribution >= 0.6 is 11.8 Å². The lowest BCUT2D eigenvalue weighted by Crippen LogP contribution is -2.48. The topological polar surface area (TPSA) is 92.8 Å². The summed E-state index contributed by atoms with van der Waals surface area (Å²) in [6.07, 6.45) is 3.71. The maximum absolute atomic E-state index is 11.7. The molecule has 8 heteroatoms. The maximum atomic E-state index is 11.7. The second-order valence-electron chi connectivity index (χ2n) is 4.45. The number of carbonyl (C=O) groups is 1. The number of aromatic nitrogens is 4. The zero-order valence-corrected chi connectivity index (χ0v) is 12.5. The van der Waals surface area contributed by atoms with Gasteiger partial charge >= 0.3 is 5.97 Å². The second-order valence-corrected chi connectivity index (χ2v) is 5.54. The Morgan fingerprint density at radius 1 is 1.50 bits per heavy atom. The normalized spacial score (nSPS) is 14.2. The van der Waals surface area contributed by atoms with Gasteiger partial charge in [0.15, 0.2) is 5.65 Å². The van der Waals surface area contributed by atoms with Crippen LogP contribution in [0.25, 0.3) is 11.2 Å². The molecule has 0 saturated carbocycles. The van der Waals surface area contributed by atoms with Crippen LogP contribution in [-0.4, -0.2) is 51.4 Å². The number of hydrogen-bond donors (Lipinski definition) is 2. The molecule has 7 nitrogen and oxygen atoms in total. The third kappa shape index (κ3) is 2.91. The van der Waals surface area contributed by atoms with Gasteiger partial charge in [-0.1, -0.05) is 0 Å². The molecule has 0 spiro atoms. The minimum absolute atomic E-state index is 0.269. The highest BCUT2D eigenvalue weighted by atomic mass is 32.2. The van der Waals surface area contributed by atoms with Gasteiger partial charge in [0, 0.05) is 5.75 Å². The van der Waals surface area contributed by atoms with Gasteiger partial charge in [0.2, 0.25) is 0 Å². The van der Waals surface area contributed by atoms with E-state index >= 15 is 0 Å². The van der Waals surface area contributed by atoms with E-state index in [-0.39, 0.29) is 5.97 Å². The number of aromatic amines is 1. The molecule has 0 radical (unpaired) electrons. The first kappa shape index (κ1) is 14.7. The number of esters is 1. The van der Waals surface area contributed by atoms with Crippen molar-refractivity contribution in [3.05, 3.63) is 12.7 Å². The van der Waals surface area contributed by atoms with Gasteiger partial charge in [-0.2, -0.15) is 0 Å². The summed E-state index contributed by atoms with van der Waals surface area (Å²) < 4.78 is 4.81. The van der Waals surface area contributed by atoms with Crippen LogP contribution in [0.3, 0.4) is 0 Å². The Balaban J connectivity index is 2.02. The van der Waals surface area contributed by atoms with Gasteiger partial charge in [0.1, 0.15) is 22.4 Å². The van der Waals surface area contributed by atoms with Gasteiger partial charge < -0.3 is 15.0 Å². The molecule has 20 heavy (non-hydrogen) atoms. The lowest BCUT2D eigenvalue weighted by atomic mass is 10.00. The zero-order chi connectivity index (χ0) is 14.6. The van der Waals surface area contributed by atoms with E-state index in [0.717, 1.165) is 16.3 Å². The van der Waals surface area contributed by atoms with E-state index < -0.39 is 5.54 Å². The van der Waals surface area contributed by atoms with Crippen molar-refractivity contribution in [3.63, 3.8) is 0 Å². The number of rotatable bonds is 6. The van der Waals surface area contributed by atoms with Gasteiger partial charge in [-0.3, -0.25) is 4.79 Å². The Morgan fingerprint density at radius 2 is 2.30 bits per heavy atom. The first-order valence-electron chi connectivity index (χ1n) is 6.15. The smallest absolute Gasteiger partial charge is 0.325 e. The van der Waals surface area contributed by atoms with Crippen molar-refractivity contribution in [1.82, 2.24) is 25.3 Å². The average Bonchev–Trinajstić information content (AvgIpc) is 2.95. The van der Waals surface area contributed by atoms with E-state index in [4.69, 9.17) is 4.74 Å². The second kappa shape index (κ2) is 6.19. The standard InChI is InChI=1S/C12H17N5O2S/c1-12(13-2,11(18)19-3)4-5-20-10-8-9(15-6-14-8)16-7-17-10/h6-7,13H,4-5H2,1-3H3,(H,14,15,16,17). The van der Waals surface area contributed by atoms with Gasteiger partial charge in [-0.05, 0) is 20.4 Å². The predicted molar refractivity (Wildman–Crippen MR) is 76.5 cm³/mol. The number of likely N-dealkylation sites (N-methyl/N-ethyl adjacent to an activating group) is 1. The van der Waals surface area contributed by atoms with Crippen LogP contribution in [-0.2, 0) is 9.53 Å². The number of H-pyrrole nitrogens is 1. The Labute approximate surface area is 120 Å². The third-order valence-corrected chi connectivity index (χ3v) is 4.21. The Morgan fingerprint density at radius 3 is 3.00 bits per heavy atom. The number of thioether (sulfide) groups is 1. The summed E-state index contributed by atoms with van der Waals surface area (Å²) in [5.41, 5.74) is 0.774. The minimum Gasteiger partial charge on any atom is -0.468 e. The number of hydrogen-bond acceptors (Lipinski definition) is 7. The molecule has 0 saturated heterocycles. The first-order valence-corrected chi connectivity index (χ1v) is 7.13. The summed E-state index contributed by atoms with van der Waals surface area (Å²) in [6, 6.07) is 0. The van der Waals surface area contributed by atoms with Crippen molar-refractivity contribution in [3.8, 4) is 0 Å². The Kier molecular flexibility index (Phi) is 4.56. The third-order valence-electron chi connectivity index (χ3n) is 3.22. The van der Waals surface area contributed by atoms with Crippen LogP contribution in [0.4, 0.5) is 0 Å². The summed E-state index contributed by atoms with van der Waals surface area (Å²) >= 11 is 1.55. The van der Waals surface area contributed by atoms with Gasteiger partial charge in [-0.15, -0.1) is 11.8 Å². The van der Waals surface area contributed by atoms with Crippen molar-refractivity contribution in [2.45, 2.75) is 23.9 Å². The van der Waals surface area contributed by atoms with E-state index in [1.54, 1.807) is 25.1 Å². The number of methoxy groups -OCH3 is 1. The number of fused-ring (bicyclic) bond motifs is 1. The molecule has 2 heterocycles. The van der Waals surface area contributed by atoms with E-state index in [1.807, 2.05) is 6.92 Å². The highest BCUT2D eigenvalue weighted by molar-refractivity contribution is 7.99. The summed E-state index contributed by atoms with van der Waals surface area (Å²) in [5, 5.41) is 3.84. The molecule has 0 aliphatic carbocycles. The molecule has 0 bridgehead atoms. The fraction of sp³-hybridized carbons (Fsp3) is 0.500. The van der Waals surface area contributed by atoms with Crippen LogP contribution in [0.1, 0.15) is 13.3 Å². The van der Waals surface area contributed by atoms with Gasteiger partial charge in [0.25, 0.3) is 0 Å². The van der Waals surface area contributed by atoms with E-state index in [2.05, 4.69) is 25.3 Å². The molecule has 0 fully saturated rings. The van der Waals surface area contributed by atoms with Crippen LogP contribution < -0.4 is 5.32 Å². The largest absolute Gasteiger partial charge is 0.468 e. The molecule has 108 valence electrons. The quantitative estimate of drug-likeness (QED) is 0.466. The maximum Gasteiger partial charge on any atom is 0.325 e. The first-order chi connectivity index (χ1) is 9.60. The van der Waals surface area contributed by atoms with Crippen molar-refractivity contribution < 1.29 is 9.53 Å². The molecule has 0 aromatic carbocycles. The molecule has 0 aliphatic rings. The lowest BCUT2D eigenvalue weighted by molar-refractivity contribution is -0.147. The molecular weight excluding hydrogens is 278 g/mol. The summed E-state index contributed by atoms with van der Waals surface area (Å²) in [7, 11) is 3.14. The van der Waals surface area contributed by atoms with Gasteiger partial charge in [-0.25, -0.2) is 15.0 Å². The fourth-order valence-electron chi connectivity index (χ4n) is 1.76. The molecule has 2 aromatic rings. The molecule has 2 aromatic heterocycles. The van der Waals surface area contributed by atoms with E-state index in [9.17, 15) is 4.79 Å². The highest BCUT2D eigenvalue weighted by Crippen LogP contribution is 2.24. The SMILES string of the molecule is CNC(C)(CCSc1ncnc2nc[nH]c12)C(=O)OC. The van der Waals surface area contributed by atoms with Crippen molar-refractivity contribution in [2.24, 2.45) is 0 Å². The number of imidazole rings is 1. The van der Waals surface area contributed by atoms with Crippen molar-refractivity contribution in [2.75, 3.05) is 19.9 Å². The fourth-order valence-corrected chi connectivity index (χ4v) is 2.88. The molecule has 2 rings (SSSR count). The predicted octanol–water partition coefficient (Wildman–Crippen LogP) is 0.986. The van der Waals surface area contributed by atoms with Crippen molar-refractivity contribution >= 4 is 28.9 Å². The molecule has 1 atom stereocenters. The number of nitrogens with one attached hydrogen (secondary N) is 2. The number of carbonyl (C=O) groups excluding carboxylic acids is 1. The van der Waals surface area contributed by atoms with Crippen molar-refractivity contribution in [1.29, 1.82) is 0 Å². The molecule has 1 unspecified atom stereocenters. The lowest BCUT2D eigenvalue weighted by Gasteiger charge is -2.25. The monoisotopic (exact) mass is 295 g/mol. The minimum atomic E-state index is -0.693. The molecule has 2 N–H and O–H groups in total. The van der Waals surface area contributed by atoms with Crippen LogP contribution in [0.2, 0.25) is 0 Å². The molecular formula is C12H17N5O2S. The summed E-state index contributed by atoms with van der Waals surface area (Å²) in [4.78, 5) is 27.1. The van der Waals surface area contributed by atoms with Crippen LogP contribution in [0.5, 0.6) is 0 Å². The Bertz CT molecular complexity index is 602. The van der Waals surface area contributed by atoms with Gasteiger partial charge in [0.05, 0.1) is 13.4 Å². The summed E-state index contributed by atoms with van der Waals surface area (Å²) in [5.74, 6) is 0.451. The Hall–Kier alpha value is -1.67. The zero-order valence-electron chi connectivity index (χ0n) is 11.6. The number of nitrogens with zero attached hydrogens (tertiary/aromatic N) is 3. The van der Waals surface area contributed by atoms with Crippen LogP contribution in [0.15, 0.2) is 17.7 Å². The molecule has 0 aliphatic heterocycles. The molecule has 0 amide bonds.